The van der Waals surface area contributed by atoms with Crippen molar-refractivity contribution in [1.82, 2.24) is 10.3 Å². The molecule has 5 nitrogen and oxygen atoms in total. The van der Waals surface area contributed by atoms with Gasteiger partial charge >= 0.3 is 0 Å². The van der Waals surface area contributed by atoms with Crippen LogP contribution in [0.4, 0.5) is 5.69 Å². The maximum absolute atomic E-state index is 11.2. The fraction of sp³-hybridized carbons (Fsp3) is 0.333. The molecule has 1 heterocycles. The number of thiazole rings is 1. The molecule has 112 valence electrons. The first-order valence-electron chi connectivity index (χ1n) is 6.68. The van der Waals surface area contributed by atoms with E-state index in [4.69, 9.17) is 4.74 Å². The van der Waals surface area contributed by atoms with Crippen molar-refractivity contribution in [1.29, 1.82) is 0 Å². The van der Waals surface area contributed by atoms with E-state index in [-0.39, 0.29) is 12.5 Å². The number of carbonyl (C=O) groups is 1. The average molecular weight is 305 g/mol. The van der Waals surface area contributed by atoms with E-state index in [1.54, 1.807) is 18.4 Å². The monoisotopic (exact) mass is 305 g/mol. The van der Waals surface area contributed by atoms with Crippen molar-refractivity contribution in [3.8, 4) is 5.75 Å². The number of amides is 1. The minimum absolute atomic E-state index is 0.0209. The molecule has 0 unspecified atom stereocenters. The van der Waals surface area contributed by atoms with Crippen LogP contribution in [0.25, 0.3) is 0 Å². The van der Waals surface area contributed by atoms with Gasteiger partial charge in [0.05, 0.1) is 17.2 Å². The molecule has 0 saturated heterocycles. The van der Waals surface area contributed by atoms with Gasteiger partial charge in [-0.3, -0.25) is 4.79 Å². The number of anilines is 1. The number of likely N-dealkylation sites (N-methyl/N-ethyl adjacent to an activating group) is 1. The highest BCUT2D eigenvalue weighted by molar-refractivity contribution is 7.11. The molecule has 0 bridgehead atoms. The average Bonchev–Trinajstić information content (AvgIpc) is 2.81. The second-order valence-electron chi connectivity index (χ2n) is 4.58. The molecule has 0 radical (unpaired) electrons. The summed E-state index contributed by atoms with van der Waals surface area (Å²) in [6.07, 6.45) is 0. The standard InChI is InChI=1S/C15H19N3O2S/c1-10-14(21-11(2)18-10)8-17-12-5-4-6-13(7-12)20-9-15(19)16-3/h4-7,17H,8-9H2,1-3H3,(H,16,19). The summed E-state index contributed by atoms with van der Waals surface area (Å²) in [5.74, 6) is 0.518. The molecule has 6 heteroatoms. The van der Waals surface area contributed by atoms with Crippen molar-refractivity contribution >= 4 is 22.9 Å². The van der Waals surface area contributed by atoms with Crippen LogP contribution in [-0.2, 0) is 11.3 Å². The van der Waals surface area contributed by atoms with Crippen LogP contribution in [0.2, 0.25) is 0 Å². The van der Waals surface area contributed by atoms with E-state index in [1.165, 1.54) is 4.88 Å². The van der Waals surface area contributed by atoms with Gasteiger partial charge in [-0.15, -0.1) is 11.3 Å². The van der Waals surface area contributed by atoms with Gasteiger partial charge in [-0.2, -0.15) is 0 Å². The van der Waals surface area contributed by atoms with Crippen LogP contribution >= 0.6 is 11.3 Å². The summed E-state index contributed by atoms with van der Waals surface area (Å²) in [6, 6.07) is 7.57. The van der Waals surface area contributed by atoms with Gasteiger partial charge in [0.1, 0.15) is 5.75 Å². The van der Waals surface area contributed by atoms with Crippen molar-refractivity contribution in [3.05, 3.63) is 39.8 Å². The molecule has 1 amide bonds. The SMILES string of the molecule is CNC(=O)COc1cccc(NCc2sc(C)nc2C)c1. The minimum atomic E-state index is -0.149. The summed E-state index contributed by atoms with van der Waals surface area (Å²) >= 11 is 1.70. The van der Waals surface area contributed by atoms with Crippen LogP contribution in [0.15, 0.2) is 24.3 Å². The zero-order chi connectivity index (χ0) is 15.2. The minimum Gasteiger partial charge on any atom is -0.484 e. The number of benzene rings is 1. The van der Waals surface area contributed by atoms with Crippen LogP contribution in [0.1, 0.15) is 15.6 Å². The third-order valence-electron chi connectivity index (χ3n) is 2.94. The Balaban J connectivity index is 1.94. The molecule has 0 atom stereocenters. The van der Waals surface area contributed by atoms with Crippen LogP contribution in [0.3, 0.4) is 0 Å². The summed E-state index contributed by atoms with van der Waals surface area (Å²) in [6.45, 7) is 4.78. The van der Waals surface area contributed by atoms with Gasteiger partial charge in [-0.25, -0.2) is 4.98 Å². The maximum Gasteiger partial charge on any atom is 0.257 e. The zero-order valence-corrected chi connectivity index (χ0v) is 13.2. The predicted octanol–water partition coefficient (Wildman–Crippen LogP) is 2.50. The summed E-state index contributed by atoms with van der Waals surface area (Å²) in [4.78, 5) is 16.8. The van der Waals surface area contributed by atoms with Gasteiger partial charge in [0.2, 0.25) is 0 Å². The Morgan fingerprint density at radius 3 is 2.86 bits per heavy atom. The van der Waals surface area contributed by atoms with Crippen molar-refractivity contribution in [2.75, 3.05) is 19.0 Å². The molecule has 0 aliphatic carbocycles. The smallest absolute Gasteiger partial charge is 0.257 e. The molecule has 21 heavy (non-hydrogen) atoms. The third-order valence-corrected chi connectivity index (χ3v) is 4.01. The van der Waals surface area contributed by atoms with Crippen molar-refractivity contribution < 1.29 is 9.53 Å². The number of ether oxygens (including phenoxy) is 1. The first-order valence-corrected chi connectivity index (χ1v) is 7.50. The van der Waals surface area contributed by atoms with E-state index in [2.05, 4.69) is 15.6 Å². The van der Waals surface area contributed by atoms with Crippen LogP contribution in [-0.4, -0.2) is 24.5 Å². The lowest BCUT2D eigenvalue weighted by Crippen LogP contribution is -2.24. The number of hydrogen-bond acceptors (Lipinski definition) is 5. The largest absolute Gasteiger partial charge is 0.484 e. The second kappa shape index (κ2) is 7.08. The van der Waals surface area contributed by atoms with Gasteiger partial charge in [0, 0.05) is 23.7 Å². The Kier molecular flexibility index (Phi) is 5.16. The van der Waals surface area contributed by atoms with E-state index in [0.29, 0.717) is 5.75 Å². The number of nitrogens with zero attached hydrogens (tertiary/aromatic N) is 1. The molecule has 0 aliphatic rings. The Morgan fingerprint density at radius 2 is 2.19 bits per heavy atom. The molecule has 1 aromatic carbocycles. The number of nitrogens with one attached hydrogen (secondary N) is 2. The molecule has 1 aromatic heterocycles. The van der Waals surface area contributed by atoms with E-state index < -0.39 is 0 Å². The molecule has 2 rings (SSSR count). The van der Waals surface area contributed by atoms with Crippen molar-refractivity contribution in [2.45, 2.75) is 20.4 Å². The number of aryl methyl sites for hydroxylation is 2. The van der Waals surface area contributed by atoms with E-state index in [1.807, 2.05) is 38.1 Å². The summed E-state index contributed by atoms with van der Waals surface area (Å²) in [7, 11) is 1.59. The number of rotatable bonds is 6. The number of hydrogen-bond donors (Lipinski definition) is 2. The highest BCUT2D eigenvalue weighted by atomic mass is 32.1. The Labute approximate surface area is 128 Å². The van der Waals surface area contributed by atoms with Crippen LogP contribution in [0, 0.1) is 13.8 Å². The van der Waals surface area contributed by atoms with Crippen LogP contribution < -0.4 is 15.4 Å². The van der Waals surface area contributed by atoms with E-state index in [0.717, 1.165) is 22.9 Å². The summed E-state index contributed by atoms with van der Waals surface area (Å²) in [5, 5.41) is 6.94. The highest BCUT2D eigenvalue weighted by Crippen LogP contribution is 2.21. The predicted molar refractivity (Wildman–Crippen MR) is 84.9 cm³/mol. The first-order chi connectivity index (χ1) is 10.1. The second-order valence-corrected chi connectivity index (χ2v) is 5.87. The van der Waals surface area contributed by atoms with Crippen LogP contribution in [0.5, 0.6) is 5.75 Å². The lowest BCUT2D eigenvalue weighted by Gasteiger charge is -2.09. The fourth-order valence-electron chi connectivity index (χ4n) is 1.84. The molecule has 2 aromatic rings. The molecule has 0 fully saturated rings. The lowest BCUT2D eigenvalue weighted by atomic mass is 10.3. The fourth-order valence-corrected chi connectivity index (χ4v) is 2.71. The number of carbonyl (C=O) groups excluding carboxylic acids is 1. The molecule has 0 spiro atoms. The van der Waals surface area contributed by atoms with Gasteiger partial charge in [0.25, 0.3) is 5.91 Å². The lowest BCUT2D eigenvalue weighted by molar-refractivity contribution is -0.122. The van der Waals surface area contributed by atoms with Crippen molar-refractivity contribution in [2.24, 2.45) is 0 Å². The van der Waals surface area contributed by atoms with Gasteiger partial charge in [0.15, 0.2) is 6.61 Å². The van der Waals surface area contributed by atoms with E-state index in [9.17, 15) is 4.79 Å². The topological polar surface area (TPSA) is 63.2 Å². The number of aromatic nitrogens is 1. The quantitative estimate of drug-likeness (QED) is 0.861. The normalized spacial score (nSPS) is 10.2. The molecular weight excluding hydrogens is 286 g/mol. The highest BCUT2D eigenvalue weighted by Gasteiger charge is 2.05. The Hall–Kier alpha value is -2.08. The summed E-state index contributed by atoms with van der Waals surface area (Å²) in [5.41, 5.74) is 2.02. The van der Waals surface area contributed by atoms with E-state index >= 15 is 0 Å². The molecule has 0 saturated carbocycles. The van der Waals surface area contributed by atoms with Gasteiger partial charge in [-0.05, 0) is 26.0 Å². The van der Waals surface area contributed by atoms with Gasteiger partial charge < -0.3 is 15.4 Å². The molecule has 0 aliphatic heterocycles. The Bertz CT molecular complexity index is 625. The molecule has 2 N–H and O–H groups in total. The maximum atomic E-state index is 11.2. The van der Waals surface area contributed by atoms with Gasteiger partial charge in [-0.1, -0.05) is 6.07 Å². The third kappa shape index (κ3) is 4.46. The first kappa shape index (κ1) is 15.3. The Morgan fingerprint density at radius 1 is 1.38 bits per heavy atom. The molecular formula is C15H19N3O2S. The zero-order valence-electron chi connectivity index (χ0n) is 12.4. The van der Waals surface area contributed by atoms with Crippen molar-refractivity contribution in [3.63, 3.8) is 0 Å². The summed E-state index contributed by atoms with van der Waals surface area (Å²) < 4.78 is 5.42.